The lowest BCUT2D eigenvalue weighted by Gasteiger charge is -2.04. The van der Waals surface area contributed by atoms with Crippen molar-refractivity contribution in [3.05, 3.63) is 30.1 Å². The topological polar surface area (TPSA) is 68.3 Å². The highest BCUT2D eigenvalue weighted by atomic mass is 16.5. The molecular formula is C15H24N2O3. The molecule has 0 unspecified atom stereocenters. The molecule has 1 aromatic heterocycles. The molecule has 1 N–H and O–H groups in total. The largest absolute Gasteiger partial charge is 0.469 e. The average Bonchev–Trinajstić information content (AvgIpc) is 2.53. The van der Waals surface area contributed by atoms with Gasteiger partial charge >= 0.3 is 5.97 Å². The molecule has 0 aromatic carbocycles. The van der Waals surface area contributed by atoms with Gasteiger partial charge in [0.05, 0.1) is 7.11 Å². The number of carbonyl (C=O) groups is 2. The maximum atomic E-state index is 11.6. The molecule has 0 atom stereocenters. The number of unbranched alkanes of at least 4 members (excludes halogenated alkanes) is 2. The van der Waals surface area contributed by atoms with Gasteiger partial charge in [-0.3, -0.25) is 14.6 Å². The fourth-order valence-electron chi connectivity index (χ4n) is 1.46. The number of nitrogens with zero attached hydrogens (tertiary/aromatic N) is 1. The van der Waals surface area contributed by atoms with Crippen LogP contribution in [0.4, 0.5) is 0 Å². The van der Waals surface area contributed by atoms with E-state index in [4.69, 9.17) is 0 Å². The Balaban J connectivity index is 0.00000172. The molecule has 0 fully saturated rings. The number of methoxy groups -OCH3 is 1. The molecule has 1 aromatic rings. The van der Waals surface area contributed by atoms with Gasteiger partial charge in [-0.15, -0.1) is 0 Å². The highest BCUT2D eigenvalue weighted by Crippen LogP contribution is 2.00. The third kappa shape index (κ3) is 8.24. The van der Waals surface area contributed by atoms with E-state index >= 15 is 0 Å². The summed E-state index contributed by atoms with van der Waals surface area (Å²) in [6, 6.07) is 5.22. The summed E-state index contributed by atoms with van der Waals surface area (Å²) >= 11 is 0. The first-order valence-corrected chi connectivity index (χ1v) is 7.00. The molecule has 0 radical (unpaired) electrons. The van der Waals surface area contributed by atoms with Crippen LogP contribution in [0.5, 0.6) is 0 Å². The van der Waals surface area contributed by atoms with Gasteiger partial charge in [0.1, 0.15) is 5.69 Å². The van der Waals surface area contributed by atoms with Crippen LogP contribution in [-0.4, -0.2) is 30.5 Å². The van der Waals surface area contributed by atoms with Crippen LogP contribution < -0.4 is 5.32 Å². The third-order valence-electron chi connectivity index (χ3n) is 2.47. The van der Waals surface area contributed by atoms with Crippen molar-refractivity contribution >= 4 is 11.9 Å². The van der Waals surface area contributed by atoms with Gasteiger partial charge in [-0.1, -0.05) is 26.3 Å². The summed E-state index contributed by atoms with van der Waals surface area (Å²) in [4.78, 5) is 26.4. The second kappa shape index (κ2) is 12.1. The van der Waals surface area contributed by atoms with Crippen molar-refractivity contribution < 1.29 is 14.3 Å². The van der Waals surface area contributed by atoms with Crippen LogP contribution in [0.2, 0.25) is 0 Å². The smallest absolute Gasteiger partial charge is 0.305 e. The molecule has 20 heavy (non-hydrogen) atoms. The molecular weight excluding hydrogens is 256 g/mol. The zero-order chi connectivity index (χ0) is 15.2. The van der Waals surface area contributed by atoms with Crippen LogP contribution in [0.3, 0.4) is 0 Å². The summed E-state index contributed by atoms with van der Waals surface area (Å²) in [5, 5.41) is 2.78. The Morgan fingerprint density at radius 3 is 2.55 bits per heavy atom. The maximum Gasteiger partial charge on any atom is 0.305 e. The number of aromatic nitrogens is 1. The molecule has 0 saturated heterocycles. The molecule has 1 amide bonds. The van der Waals surface area contributed by atoms with Gasteiger partial charge in [-0.25, -0.2) is 0 Å². The molecule has 0 aliphatic carbocycles. The molecule has 0 spiro atoms. The predicted octanol–water partition coefficient (Wildman–Crippen LogP) is 2.57. The van der Waals surface area contributed by atoms with Gasteiger partial charge in [0.2, 0.25) is 0 Å². The lowest BCUT2D eigenvalue weighted by Crippen LogP contribution is -2.25. The third-order valence-corrected chi connectivity index (χ3v) is 2.47. The lowest BCUT2D eigenvalue weighted by atomic mass is 10.2. The molecule has 0 aliphatic heterocycles. The number of esters is 1. The van der Waals surface area contributed by atoms with Crippen molar-refractivity contribution in [2.75, 3.05) is 13.7 Å². The number of hydrogen-bond acceptors (Lipinski definition) is 4. The Morgan fingerprint density at radius 1 is 1.20 bits per heavy atom. The monoisotopic (exact) mass is 280 g/mol. The summed E-state index contributed by atoms with van der Waals surface area (Å²) in [5.74, 6) is -0.351. The van der Waals surface area contributed by atoms with Crippen LogP contribution in [0.15, 0.2) is 24.4 Å². The fraction of sp³-hybridized carbons (Fsp3) is 0.533. The minimum atomic E-state index is -0.187. The summed E-state index contributed by atoms with van der Waals surface area (Å²) in [5.41, 5.74) is 0.423. The van der Waals surface area contributed by atoms with Gasteiger partial charge in [0.25, 0.3) is 5.91 Å². The first-order valence-electron chi connectivity index (χ1n) is 7.00. The van der Waals surface area contributed by atoms with E-state index in [1.54, 1.807) is 24.4 Å². The first-order chi connectivity index (χ1) is 9.74. The molecule has 1 heterocycles. The predicted molar refractivity (Wildman–Crippen MR) is 78.4 cm³/mol. The number of rotatable bonds is 7. The van der Waals surface area contributed by atoms with E-state index < -0.39 is 0 Å². The standard InChI is InChI=1S/C13H18N2O3.C2H6/c1-18-12(16)8-3-2-5-10-15-13(17)11-7-4-6-9-14-11;1-2/h4,6-7,9H,2-3,5,8,10H2,1H3,(H,15,17);1-2H3. The van der Waals surface area contributed by atoms with E-state index in [-0.39, 0.29) is 11.9 Å². The van der Waals surface area contributed by atoms with Gasteiger partial charge in [0.15, 0.2) is 0 Å². The summed E-state index contributed by atoms with van der Waals surface area (Å²) in [6.45, 7) is 4.59. The Hall–Kier alpha value is -1.91. The Morgan fingerprint density at radius 2 is 1.95 bits per heavy atom. The molecule has 1 rings (SSSR count). The number of amides is 1. The molecule has 112 valence electrons. The van der Waals surface area contributed by atoms with Crippen LogP contribution >= 0.6 is 0 Å². The fourth-order valence-corrected chi connectivity index (χ4v) is 1.46. The van der Waals surface area contributed by atoms with Crippen molar-refractivity contribution in [1.82, 2.24) is 10.3 Å². The van der Waals surface area contributed by atoms with Gasteiger partial charge < -0.3 is 10.1 Å². The number of carbonyl (C=O) groups excluding carboxylic acids is 2. The summed E-state index contributed by atoms with van der Waals surface area (Å²) in [6.07, 6.45) is 4.54. The van der Waals surface area contributed by atoms with E-state index in [1.165, 1.54) is 7.11 Å². The van der Waals surface area contributed by atoms with Crippen molar-refractivity contribution in [3.8, 4) is 0 Å². The molecule has 5 nitrogen and oxygen atoms in total. The normalized spacial score (nSPS) is 9.15. The summed E-state index contributed by atoms with van der Waals surface area (Å²) < 4.78 is 4.54. The van der Waals surface area contributed by atoms with Crippen molar-refractivity contribution in [2.45, 2.75) is 39.5 Å². The average molecular weight is 280 g/mol. The molecule has 0 aliphatic rings. The van der Waals surface area contributed by atoms with E-state index in [0.717, 1.165) is 19.3 Å². The van der Waals surface area contributed by atoms with E-state index in [1.807, 2.05) is 13.8 Å². The Bertz CT molecular complexity index is 380. The van der Waals surface area contributed by atoms with Gasteiger partial charge in [0, 0.05) is 19.2 Å². The number of nitrogens with one attached hydrogen (secondary N) is 1. The highest BCUT2D eigenvalue weighted by molar-refractivity contribution is 5.92. The second-order valence-electron chi connectivity index (χ2n) is 3.86. The minimum absolute atomic E-state index is 0.163. The highest BCUT2D eigenvalue weighted by Gasteiger charge is 2.04. The maximum absolute atomic E-state index is 11.6. The quantitative estimate of drug-likeness (QED) is 0.615. The minimum Gasteiger partial charge on any atom is -0.469 e. The van der Waals surface area contributed by atoms with Crippen LogP contribution in [0.1, 0.15) is 50.0 Å². The Kier molecular flexibility index (Phi) is 11.0. The van der Waals surface area contributed by atoms with E-state index in [9.17, 15) is 9.59 Å². The van der Waals surface area contributed by atoms with Gasteiger partial charge in [-0.05, 0) is 25.0 Å². The number of pyridine rings is 1. The number of hydrogen-bond donors (Lipinski definition) is 1. The lowest BCUT2D eigenvalue weighted by molar-refractivity contribution is -0.140. The van der Waals surface area contributed by atoms with Crippen LogP contribution in [0, 0.1) is 0 Å². The Labute approximate surface area is 120 Å². The number of ether oxygens (including phenoxy) is 1. The van der Waals surface area contributed by atoms with Crippen LogP contribution in [0.25, 0.3) is 0 Å². The van der Waals surface area contributed by atoms with E-state index in [0.29, 0.717) is 18.7 Å². The summed E-state index contributed by atoms with van der Waals surface area (Å²) in [7, 11) is 1.38. The molecule has 5 heteroatoms. The molecule has 0 bridgehead atoms. The first kappa shape index (κ1) is 18.1. The van der Waals surface area contributed by atoms with E-state index in [2.05, 4.69) is 15.0 Å². The SMILES string of the molecule is CC.COC(=O)CCCCCNC(=O)c1ccccn1. The van der Waals surface area contributed by atoms with Crippen molar-refractivity contribution in [1.29, 1.82) is 0 Å². The van der Waals surface area contributed by atoms with Gasteiger partial charge in [-0.2, -0.15) is 0 Å². The zero-order valence-electron chi connectivity index (χ0n) is 12.5. The molecule has 0 saturated carbocycles. The second-order valence-corrected chi connectivity index (χ2v) is 3.86. The zero-order valence-corrected chi connectivity index (χ0v) is 12.5. The van der Waals surface area contributed by atoms with Crippen LogP contribution in [-0.2, 0) is 9.53 Å². The van der Waals surface area contributed by atoms with Crippen molar-refractivity contribution in [2.24, 2.45) is 0 Å². The van der Waals surface area contributed by atoms with Crippen molar-refractivity contribution in [3.63, 3.8) is 0 Å².